The van der Waals surface area contributed by atoms with Crippen molar-refractivity contribution in [1.82, 2.24) is 0 Å². The Morgan fingerprint density at radius 1 is 1.20 bits per heavy atom. The van der Waals surface area contributed by atoms with Gasteiger partial charge in [-0.15, -0.1) is 11.3 Å². The number of likely N-dealkylation sites (N-methyl/N-ethyl adjacent to an activating group) is 1. The average Bonchev–Trinajstić information content (AvgIpc) is 2.99. The smallest absolute Gasteiger partial charge is 0.303 e. The Morgan fingerprint density at radius 3 is 2.53 bits per heavy atom. The number of aliphatic carboxylic acids is 1. The van der Waals surface area contributed by atoms with Crippen molar-refractivity contribution in [2.45, 2.75) is 38.6 Å². The molecule has 3 rings (SSSR count). The van der Waals surface area contributed by atoms with E-state index < -0.39 is 11.9 Å². The zero-order valence-corrected chi connectivity index (χ0v) is 18.5. The number of amides is 1. The molecule has 0 saturated carbocycles. The summed E-state index contributed by atoms with van der Waals surface area (Å²) in [5, 5.41) is 9.52. The number of nitrogens with two attached hydrogens (primary N) is 1. The molecule has 8 heteroatoms. The molecule has 1 unspecified atom stereocenters. The first-order valence-corrected chi connectivity index (χ1v) is 11.1. The number of carbonyl (C=O) groups excluding carboxylic acids is 2. The number of Topliss-reactive ketones (excluding diaryl/α,β-unsaturated/α-hetero) is 1. The van der Waals surface area contributed by atoms with Gasteiger partial charge in [0.15, 0.2) is 0 Å². The van der Waals surface area contributed by atoms with Crippen molar-refractivity contribution in [3.05, 3.63) is 55.7 Å². The second kappa shape index (κ2) is 9.29. The molecule has 2 heterocycles. The first-order chi connectivity index (χ1) is 14.2. The Bertz CT molecular complexity index is 970. The summed E-state index contributed by atoms with van der Waals surface area (Å²) in [7, 11) is 2.11. The minimum atomic E-state index is -0.784. The molecule has 0 bridgehead atoms. The van der Waals surface area contributed by atoms with E-state index in [1.165, 1.54) is 11.3 Å². The summed E-state index contributed by atoms with van der Waals surface area (Å²) in [5.74, 6) is -1.24. The van der Waals surface area contributed by atoms with Gasteiger partial charge in [0.25, 0.3) is 0 Å². The molecule has 0 aliphatic carbocycles. The van der Waals surface area contributed by atoms with E-state index in [1.807, 2.05) is 12.1 Å². The zero-order valence-electron chi connectivity index (χ0n) is 16.9. The Labute approximate surface area is 184 Å². The number of carboxylic acid groups (broad SMARTS) is 1. The van der Waals surface area contributed by atoms with Crippen LogP contribution < -0.4 is 5.73 Å². The van der Waals surface area contributed by atoms with Gasteiger partial charge in [-0.05, 0) is 23.3 Å². The third kappa shape index (κ3) is 5.47. The van der Waals surface area contributed by atoms with Crippen LogP contribution in [0.15, 0.2) is 24.3 Å². The number of benzene rings is 1. The predicted octanol–water partition coefficient (Wildman–Crippen LogP) is 3.22. The van der Waals surface area contributed by atoms with Gasteiger partial charge in [-0.1, -0.05) is 23.7 Å². The maximum atomic E-state index is 12.6. The Hall–Kier alpha value is -2.22. The van der Waals surface area contributed by atoms with Crippen molar-refractivity contribution in [2.75, 3.05) is 20.1 Å². The highest BCUT2D eigenvalue weighted by atomic mass is 35.5. The summed E-state index contributed by atoms with van der Waals surface area (Å²) in [4.78, 5) is 37.5. The minimum Gasteiger partial charge on any atom is -0.481 e. The number of nitrogens with zero attached hydrogens (tertiary/aromatic N) is 1. The van der Waals surface area contributed by atoms with Crippen molar-refractivity contribution < 1.29 is 24.0 Å². The summed E-state index contributed by atoms with van der Waals surface area (Å²) in [6.45, 7) is 2.31. The van der Waals surface area contributed by atoms with E-state index in [1.54, 1.807) is 12.1 Å². The molecule has 6 nitrogen and oxygen atoms in total. The third-order valence-electron chi connectivity index (χ3n) is 5.60. The van der Waals surface area contributed by atoms with Crippen LogP contribution in [0.1, 0.15) is 44.1 Å². The molecule has 0 radical (unpaired) electrons. The molecule has 160 valence electrons. The topological polar surface area (TPSA) is 97.5 Å². The number of quaternary nitrogens is 1. The number of carbonyl (C=O) groups is 3. The van der Waals surface area contributed by atoms with Gasteiger partial charge in [-0.25, -0.2) is 0 Å². The van der Waals surface area contributed by atoms with Crippen molar-refractivity contribution in [3.8, 4) is 0 Å². The molecule has 30 heavy (non-hydrogen) atoms. The van der Waals surface area contributed by atoms with Crippen LogP contribution in [0, 0.1) is 0 Å². The second-order valence-electron chi connectivity index (χ2n) is 8.16. The number of rotatable bonds is 9. The van der Waals surface area contributed by atoms with E-state index in [-0.39, 0.29) is 25.0 Å². The number of carboxylic acids is 1. The first kappa shape index (κ1) is 22.5. The fraction of sp³-hybridized carbons (Fsp3) is 0.409. The predicted molar refractivity (Wildman–Crippen MR) is 117 cm³/mol. The third-order valence-corrected chi connectivity index (χ3v) is 7.07. The van der Waals surface area contributed by atoms with Gasteiger partial charge in [-0.2, -0.15) is 0 Å². The zero-order chi connectivity index (χ0) is 21.9. The fourth-order valence-electron chi connectivity index (χ4n) is 4.05. The van der Waals surface area contributed by atoms with Gasteiger partial charge in [0.2, 0.25) is 5.91 Å². The van der Waals surface area contributed by atoms with E-state index in [9.17, 15) is 14.4 Å². The van der Waals surface area contributed by atoms with Crippen LogP contribution in [0.2, 0.25) is 5.02 Å². The lowest BCUT2D eigenvalue weighted by atomic mass is 9.97. The Kier molecular flexibility index (Phi) is 6.95. The summed E-state index contributed by atoms with van der Waals surface area (Å²) >= 11 is 7.40. The highest BCUT2D eigenvalue weighted by Crippen LogP contribution is 2.36. The molecular formula is C22H26ClN2O4S+. The number of primary amides is 1. The maximum absolute atomic E-state index is 12.6. The highest BCUT2D eigenvalue weighted by molar-refractivity contribution is 7.12. The van der Waals surface area contributed by atoms with Gasteiger partial charge in [-0.3, -0.25) is 14.4 Å². The lowest BCUT2D eigenvalue weighted by Gasteiger charge is -2.37. The van der Waals surface area contributed by atoms with E-state index >= 15 is 0 Å². The molecule has 1 aromatic carbocycles. The molecule has 0 spiro atoms. The fourth-order valence-corrected chi connectivity index (χ4v) is 5.74. The van der Waals surface area contributed by atoms with Crippen LogP contribution in [0.4, 0.5) is 0 Å². The molecule has 0 saturated heterocycles. The number of thiophene rings is 1. The molecule has 1 aromatic heterocycles. The monoisotopic (exact) mass is 449 g/mol. The molecular weight excluding hydrogens is 424 g/mol. The maximum Gasteiger partial charge on any atom is 0.303 e. The summed E-state index contributed by atoms with van der Waals surface area (Å²) in [6, 6.07) is 7.17. The number of ketones is 1. The average molecular weight is 450 g/mol. The molecule has 1 atom stereocenters. The van der Waals surface area contributed by atoms with Crippen LogP contribution in [0.3, 0.4) is 0 Å². The lowest BCUT2D eigenvalue weighted by molar-refractivity contribution is -0.924. The standard InChI is InChI=1S/C22H25ClN2O4S/c1-25(9-2-3-20(27)28)10-8-17-19(13-25)30-18(21(17)22(24)29)12-16(26)11-14-4-6-15(23)7-5-14/h4-7H,2-3,8-13H2,1H3,(H2-,24,27,28,29)/p+1. The number of hydrogen-bond donors (Lipinski definition) is 2. The Balaban J connectivity index is 1.75. The largest absolute Gasteiger partial charge is 0.481 e. The highest BCUT2D eigenvalue weighted by Gasteiger charge is 2.34. The lowest BCUT2D eigenvalue weighted by Crippen LogP contribution is -2.48. The Morgan fingerprint density at radius 2 is 1.90 bits per heavy atom. The summed E-state index contributed by atoms with van der Waals surface area (Å²) in [5.41, 5.74) is 8.04. The quantitative estimate of drug-likeness (QED) is 0.574. The van der Waals surface area contributed by atoms with E-state index in [0.717, 1.165) is 45.0 Å². The minimum absolute atomic E-state index is 0.0251. The van der Waals surface area contributed by atoms with Crippen LogP contribution in [-0.2, 0) is 35.4 Å². The van der Waals surface area contributed by atoms with Crippen LogP contribution in [-0.4, -0.2) is 47.4 Å². The van der Waals surface area contributed by atoms with Gasteiger partial charge >= 0.3 is 5.97 Å². The number of hydrogen-bond acceptors (Lipinski definition) is 4. The molecule has 2 aromatic rings. The van der Waals surface area contributed by atoms with Crippen molar-refractivity contribution >= 4 is 40.6 Å². The van der Waals surface area contributed by atoms with Gasteiger partial charge in [0, 0.05) is 35.6 Å². The van der Waals surface area contributed by atoms with Crippen molar-refractivity contribution in [2.24, 2.45) is 5.73 Å². The number of halogens is 1. The van der Waals surface area contributed by atoms with Gasteiger partial charge < -0.3 is 15.3 Å². The SMILES string of the molecule is C[N+]1(CCCC(=O)O)CCc2c(sc(CC(=O)Cc3ccc(Cl)cc3)c2C(N)=O)C1. The second-order valence-corrected chi connectivity index (χ2v) is 9.78. The summed E-state index contributed by atoms with van der Waals surface area (Å²) < 4.78 is 0.733. The molecule has 1 aliphatic heterocycles. The van der Waals surface area contributed by atoms with Crippen LogP contribution in [0.5, 0.6) is 0 Å². The van der Waals surface area contributed by atoms with E-state index in [4.69, 9.17) is 22.4 Å². The molecule has 3 N–H and O–H groups in total. The van der Waals surface area contributed by atoms with Crippen LogP contribution in [0.25, 0.3) is 0 Å². The van der Waals surface area contributed by atoms with E-state index in [0.29, 0.717) is 23.4 Å². The van der Waals surface area contributed by atoms with Crippen molar-refractivity contribution in [3.63, 3.8) is 0 Å². The van der Waals surface area contributed by atoms with Gasteiger partial charge in [0.1, 0.15) is 12.3 Å². The number of fused-ring (bicyclic) bond motifs is 1. The molecule has 1 amide bonds. The van der Waals surface area contributed by atoms with Gasteiger partial charge in [0.05, 0.1) is 37.0 Å². The van der Waals surface area contributed by atoms with E-state index in [2.05, 4.69) is 7.05 Å². The molecule has 1 aliphatic rings. The van der Waals surface area contributed by atoms with Crippen molar-refractivity contribution in [1.29, 1.82) is 0 Å². The van der Waals surface area contributed by atoms with Crippen LogP contribution >= 0.6 is 22.9 Å². The first-order valence-electron chi connectivity index (χ1n) is 9.91. The normalized spacial score (nSPS) is 18.1. The summed E-state index contributed by atoms with van der Waals surface area (Å²) in [6.07, 6.45) is 1.94. The molecule has 0 fully saturated rings.